The normalized spacial score (nSPS) is 9.94. The molecule has 3 N–H and O–H groups in total. The zero-order valence-electron chi connectivity index (χ0n) is 9.56. The van der Waals surface area contributed by atoms with Gasteiger partial charge in [0, 0.05) is 19.3 Å². The lowest BCUT2D eigenvalue weighted by Gasteiger charge is -2.20. The van der Waals surface area contributed by atoms with E-state index in [2.05, 4.69) is 4.84 Å². The number of nitrogens with one attached hydrogen (secondary N) is 1. The summed E-state index contributed by atoms with van der Waals surface area (Å²) in [4.78, 5) is 17.5. The SMILES string of the molecule is Cc1ccccc1N(C)CCC(=O)ONN. The second-order valence-corrected chi connectivity index (χ2v) is 3.55. The summed E-state index contributed by atoms with van der Waals surface area (Å²) in [6.07, 6.45) is 0.287. The van der Waals surface area contributed by atoms with E-state index in [1.54, 1.807) is 0 Å². The standard InChI is InChI=1S/C11H17N3O2/c1-9-5-3-4-6-10(9)14(2)8-7-11(15)16-13-12/h3-6,13H,7-8,12H2,1-2H3. The fourth-order valence-corrected chi connectivity index (χ4v) is 1.49. The van der Waals surface area contributed by atoms with E-state index in [1.807, 2.05) is 48.7 Å². The molecule has 5 heteroatoms. The summed E-state index contributed by atoms with van der Waals surface area (Å²) in [5.41, 5.74) is 4.16. The van der Waals surface area contributed by atoms with Crippen molar-refractivity contribution in [1.82, 2.24) is 5.59 Å². The summed E-state index contributed by atoms with van der Waals surface area (Å²) < 4.78 is 0. The van der Waals surface area contributed by atoms with E-state index in [4.69, 9.17) is 5.84 Å². The molecule has 0 bridgehead atoms. The van der Waals surface area contributed by atoms with Gasteiger partial charge in [0.05, 0.1) is 6.42 Å². The van der Waals surface area contributed by atoms with E-state index in [9.17, 15) is 4.79 Å². The Bertz CT molecular complexity index is 355. The minimum absolute atomic E-state index is 0.287. The zero-order chi connectivity index (χ0) is 12.0. The van der Waals surface area contributed by atoms with Crippen LogP contribution in [0.1, 0.15) is 12.0 Å². The minimum atomic E-state index is -0.372. The number of anilines is 1. The molecule has 0 aliphatic heterocycles. The molecular weight excluding hydrogens is 206 g/mol. The van der Waals surface area contributed by atoms with E-state index in [-0.39, 0.29) is 12.4 Å². The lowest BCUT2D eigenvalue weighted by atomic mass is 10.2. The Morgan fingerprint density at radius 3 is 2.81 bits per heavy atom. The summed E-state index contributed by atoms with van der Waals surface area (Å²) in [6, 6.07) is 8.01. The third-order valence-corrected chi connectivity index (χ3v) is 2.35. The second-order valence-electron chi connectivity index (χ2n) is 3.55. The molecule has 0 saturated carbocycles. The second kappa shape index (κ2) is 6.09. The number of hydrazine groups is 1. The van der Waals surface area contributed by atoms with Crippen molar-refractivity contribution in [3.63, 3.8) is 0 Å². The summed E-state index contributed by atoms with van der Waals surface area (Å²) in [5.74, 6) is 4.49. The topological polar surface area (TPSA) is 67.6 Å². The summed E-state index contributed by atoms with van der Waals surface area (Å²) in [5, 5.41) is 0. The number of rotatable bonds is 5. The number of carbonyl (C=O) groups excluding carboxylic acids is 1. The number of hydrogen-bond donors (Lipinski definition) is 2. The Hall–Kier alpha value is -1.59. The third-order valence-electron chi connectivity index (χ3n) is 2.35. The van der Waals surface area contributed by atoms with Crippen molar-refractivity contribution >= 4 is 11.7 Å². The van der Waals surface area contributed by atoms with Gasteiger partial charge < -0.3 is 9.74 Å². The Morgan fingerprint density at radius 2 is 2.19 bits per heavy atom. The molecule has 0 atom stereocenters. The average Bonchev–Trinajstić information content (AvgIpc) is 2.27. The highest BCUT2D eigenvalue weighted by Gasteiger charge is 2.07. The number of carbonyl (C=O) groups is 1. The van der Waals surface area contributed by atoms with Crippen molar-refractivity contribution in [1.29, 1.82) is 0 Å². The molecule has 1 aromatic rings. The van der Waals surface area contributed by atoms with Gasteiger partial charge in [-0.15, -0.1) is 0 Å². The lowest BCUT2D eigenvalue weighted by molar-refractivity contribution is -0.150. The maximum atomic E-state index is 11.1. The van der Waals surface area contributed by atoms with Crippen LogP contribution < -0.4 is 16.3 Å². The van der Waals surface area contributed by atoms with E-state index >= 15 is 0 Å². The van der Waals surface area contributed by atoms with Crippen LogP contribution in [0.2, 0.25) is 0 Å². The van der Waals surface area contributed by atoms with Crippen LogP contribution in [-0.4, -0.2) is 19.6 Å². The van der Waals surface area contributed by atoms with Crippen LogP contribution in [0.4, 0.5) is 5.69 Å². The fraction of sp³-hybridized carbons (Fsp3) is 0.364. The first-order valence-corrected chi connectivity index (χ1v) is 5.07. The predicted molar refractivity (Wildman–Crippen MR) is 62.5 cm³/mol. The fourth-order valence-electron chi connectivity index (χ4n) is 1.49. The Labute approximate surface area is 95.1 Å². The smallest absolute Gasteiger partial charge is 0.328 e. The van der Waals surface area contributed by atoms with Crippen LogP contribution in [0, 0.1) is 6.92 Å². The summed E-state index contributed by atoms with van der Waals surface area (Å²) in [7, 11) is 1.94. The van der Waals surface area contributed by atoms with Crippen molar-refractivity contribution in [2.75, 3.05) is 18.5 Å². The number of nitrogens with two attached hydrogens (primary N) is 1. The maximum Gasteiger partial charge on any atom is 0.328 e. The van der Waals surface area contributed by atoms with Crippen LogP contribution in [0.3, 0.4) is 0 Å². The molecule has 0 heterocycles. The zero-order valence-corrected chi connectivity index (χ0v) is 9.56. The monoisotopic (exact) mass is 223 g/mol. The molecule has 0 amide bonds. The van der Waals surface area contributed by atoms with Gasteiger partial charge in [-0.05, 0) is 18.6 Å². The van der Waals surface area contributed by atoms with Crippen molar-refractivity contribution < 1.29 is 9.63 Å². The van der Waals surface area contributed by atoms with E-state index in [1.165, 1.54) is 5.56 Å². The van der Waals surface area contributed by atoms with E-state index in [0.29, 0.717) is 6.54 Å². The Balaban J connectivity index is 2.50. The number of benzene rings is 1. The van der Waals surface area contributed by atoms with Crippen LogP contribution in [0.25, 0.3) is 0 Å². The molecule has 0 aliphatic carbocycles. The maximum absolute atomic E-state index is 11.1. The molecule has 0 aromatic heterocycles. The van der Waals surface area contributed by atoms with Gasteiger partial charge in [0.15, 0.2) is 0 Å². The van der Waals surface area contributed by atoms with Gasteiger partial charge >= 0.3 is 5.97 Å². The van der Waals surface area contributed by atoms with Crippen LogP contribution in [0.15, 0.2) is 24.3 Å². The van der Waals surface area contributed by atoms with E-state index < -0.39 is 0 Å². The first kappa shape index (κ1) is 12.5. The van der Waals surface area contributed by atoms with Gasteiger partial charge in [-0.1, -0.05) is 23.8 Å². The molecule has 0 unspecified atom stereocenters. The average molecular weight is 223 g/mol. The first-order chi connectivity index (χ1) is 7.65. The molecule has 5 nitrogen and oxygen atoms in total. The van der Waals surface area contributed by atoms with Gasteiger partial charge in [0.2, 0.25) is 0 Å². The quantitative estimate of drug-likeness (QED) is 0.569. The van der Waals surface area contributed by atoms with Crippen molar-refractivity contribution in [3.8, 4) is 0 Å². The van der Waals surface area contributed by atoms with Crippen LogP contribution in [-0.2, 0) is 9.63 Å². The number of para-hydroxylation sites is 1. The summed E-state index contributed by atoms with van der Waals surface area (Å²) in [6.45, 7) is 2.62. The highest BCUT2D eigenvalue weighted by atomic mass is 16.7. The predicted octanol–water partition coefficient (Wildman–Crippen LogP) is 0.743. The largest absolute Gasteiger partial charge is 0.374 e. The molecule has 0 saturated heterocycles. The van der Waals surface area contributed by atoms with Gasteiger partial charge in [-0.25, -0.2) is 5.84 Å². The highest BCUT2D eigenvalue weighted by Crippen LogP contribution is 2.17. The number of aryl methyl sites for hydroxylation is 1. The Kier molecular flexibility index (Phi) is 4.75. The molecule has 0 fully saturated rings. The van der Waals surface area contributed by atoms with Crippen molar-refractivity contribution in [3.05, 3.63) is 29.8 Å². The summed E-state index contributed by atoms with van der Waals surface area (Å²) >= 11 is 0. The molecule has 1 rings (SSSR count). The van der Waals surface area contributed by atoms with Gasteiger partial charge in [-0.2, -0.15) is 0 Å². The van der Waals surface area contributed by atoms with Crippen LogP contribution in [0.5, 0.6) is 0 Å². The first-order valence-electron chi connectivity index (χ1n) is 5.07. The molecule has 88 valence electrons. The van der Waals surface area contributed by atoms with Crippen molar-refractivity contribution in [2.24, 2.45) is 5.84 Å². The van der Waals surface area contributed by atoms with Crippen LogP contribution >= 0.6 is 0 Å². The van der Waals surface area contributed by atoms with E-state index in [0.717, 1.165) is 5.69 Å². The van der Waals surface area contributed by atoms with Gasteiger partial charge in [-0.3, -0.25) is 4.79 Å². The molecule has 1 aromatic carbocycles. The molecule has 0 aliphatic rings. The molecule has 0 spiro atoms. The number of nitrogens with zero attached hydrogens (tertiary/aromatic N) is 1. The lowest BCUT2D eigenvalue weighted by Crippen LogP contribution is -2.29. The molecular formula is C11H17N3O2. The number of hydrogen-bond acceptors (Lipinski definition) is 5. The van der Waals surface area contributed by atoms with Crippen molar-refractivity contribution in [2.45, 2.75) is 13.3 Å². The molecule has 0 radical (unpaired) electrons. The minimum Gasteiger partial charge on any atom is -0.374 e. The Morgan fingerprint density at radius 1 is 1.50 bits per heavy atom. The van der Waals surface area contributed by atoms with Gasteiger partial charge in [0.1, 0.15) is 0 Å². The highest BCUT2D eigenvalue weighted by molar-refractivity contribution is 5.70. The van der Waals surface area contributed by atoms with Gasteiger partial charge in [0.25, 0.3) is 0 Å². The molecule has 16 heavy (non-hydrogen) atoms. The third kappa shape index (κ3) is 3.52.